The number of ether oxygens (including phenoxy) is 1. The molecule has 2 atom stereocenters. The van der Waals surface area contributed by atoms with Gasteiger partial charge in [-0.25, -0.2) is 4.98 Å². The van der Waals surface area contributed by atoms with E-state index in [2.05, 4.69) is 36.0 Å². The first-order valence-corrected chi connectivity index (χ1v) is 6.86. The number of morpholine rings is 1. The number of aryl methyl sites for hydroxylation is 1. The molecule has 2 rings (SSSR count). The Hall–Kier alpha value is -0.450. The number of nitrogens with zero attached hydrogens (tertiary/aromatic N) is 2. The van der Waals surface area contributed by atoms with E-state index in [4.69, 9.17) is 4.74 Å². The smallest absolute Gasteiger partial charge is 0.0926 e. The Balaban J connectivity index is 1.93. The molecule has 1 fully saturated rings. The topological polar surface area (TPSA) is 25.4 Å². The van der Waals surface area contributed by atoms with Gasteiger partial charge in [0.15, 0.2) is 0 Å². The molecule has 0 saturated carbocycles. The molecule has 90 valence electrons. The molecule has 0 spiro atoms. The van der Waals surface area contributed by atoms with Crippen LogP contribution in [0.15, 0.2) is 5.38 Å². The predicted octanol–water partition coefficient (Wildman–Crippen LogP) is 2.31. The van der Waals surface area contributed by atoms with Crippen LogP contribution in [0.25, 0.3) is 0 Å². The van der Waals surface area contributed by atoms with E-state index in [1.165, 1.54) is 10.7 Å². The molecular weight excluding hydrogens is 220 g/mol. The average Bonchev–Trinajstić information content (AvgIpc) is 2.64. The largest absolute Gasteiger partial charge is 0.373 e. The molecule has 0 N–H and O–H groups in total. The SMILES string of the molecule is CCc1nc(CN2C[C@@H](C)O[C@@H](C)C2)cs1. The van der Waals surface area contributed by atoms with Gasteiger partial charge in [0.1, 0.15) is 0 Å². The van der Waals surface area contributed by atoms with Crippen molar-refractivity contribution in [3.8, 4) is 0 Å². The quantitative estimate of drug-likeness (QED) is 0.810. The summed E-state index contributed by atoms with van der Waals surface area (Å²) in [4.78, 5) is 7.05. The molecule has 0 radical (unpaired) electrons. The molecule has 1 aliphatic heterocycles. The minimum absolute atomic E-state index is 0.341. The summed E-state index contributed by atoms with van der Waals surface area (Å²) in [6.45, 7) is 9.44. The predicted molar refractivity (Wildman–Crippen MR) is 66.8 cm³/mol. The monoisotopic (exact) mass is 240 g/mol. The van der Waals surface area contributed by atoms with E-state index in [-0.39, 0.29) is 0 Å². The first-order chi connectivity index (χ1) is 7.67. The van der Waals surface area contributed by atoms with Crippen LogP contribution >= 0.6 is 11.3 Å². The Bertz CT molecular complexity index is 330. The summed E-state index contributed by atoms with van der Waals surface area (Å²) in [5, 5.41) is 3.42. The van der Waals surface area contributed by atoms with E-state index in [0.29, 0.717) is 12.2 Å². The molecule has 1 aromatic heterocycles. The van der Waals surface area contributed by atoms with Crippen molar-refractivity contribution in [3.05, 3.63) is 16.1 Å². The summed E-state index contributed by atoms with van der Waals surface area (Å²) in [6.07, 6.45) is 1.72. The van der Waals surface area contributed by atoms with Crippen LogP contribution in [0.3, 0.4) is 0 Å². The third-order valence-electron chi connectivity index (χ3n) is 2.78. The Morgan fingerprint density at radius 3 is 2.69 bits per heavy atom. The van der Waals surface area contributed by atoms with Crippen LogP contribution in [-0.4, -0.2) is 35.2 Å². The molecule has 2 heterocycles. The van der Waals surface area contributed by atoms with Crippen LogP contribution in [0.2, 0.25) is 0 Å². The summed E-state index contributed by atoms with van der Waals surface area (Å²) < 4.78 is 5.72. The Morgan fingerprint density at radius 1 is 1.44 bits per heavy atom. The molecule has 1 aliphatic rings. The molecule has 1 aromatic rings. The van der Waals surface area contributed by atoms with Crippen LogP contribution < -0.4 is 0 Å². The van der Waals surface area contributed by atoms with Crippen molar-refractivity contribution in [1.82, 2.24) is 9.88 Å². The summed E-state index contributed by atoms with van der Waals surface area (Å²) in [7, 11) is 0. The molecule has 0 unspecified atom stereocenters. The van der Waals surface area contributed by atoms with E-state index in [9.17, 15) is 0 Å². The van der Waals surface area contributed by atoms with Crippen LogP contribution in [0.1, 0.15) is 31.5 Å². The Labute approximate surface area is 101 Å². The van der Waals surface area contributed by atoms with Crippen molar-refractivity contribution in [2.45, 2.75) is 45.9 Å². The highest BCUT2D eigenvalue weighted by molar-refractivity contribution is 7.09. The highest BCUT2D eigenvalue weighted by Crippen LogP contribution is 2.16. The standard InChI is InChI=1S/C12H20N2OS/c1-4-12-13-11(8-16-12)7-14-5-9(2)15-10(3)6-14/h8-10H,4-7H2,1-3H3/t9-,10+. The van der Waals surface area contributed by atoms with Gasteiger partial charge in [-0.05, 0) is 20.3 Å². The summed E-state index contributed by atoms with van der Waals surface area (Å²) in [5.74, 6) is 0. The lowest BCUT2D eigenvalue weighted by Gasteiger charge is -2.34. The third kappa shape index (κ3) is 3.03. The molecule has 0 bridgehead atoms. The van der Waals surface area contributed by atoms with Gasteiger partial charge < -0.3 is 4.74 Å². The summed E-state index contributed by atoms with van der Waals surface area (Å²) in [5.41, 5.74) is 1.21. The molecule has 0 aromatic carbocycles. The van der Waals surface area contributed by atoms with Gasteiger partial charge in [0.2, 0.25) is 0 Å². The molecule has 16 heavy (non-hydrogen) atoms. The minimum Gasteiger partial charge on any atom is -0.373 e. The van der Waals surface area contributed by atoms with Crippen molar-refractivity contribution < 1.29 is 4.74 Å². The molecule has 3 nitrogen and oxygen atoms in total. The van der Waals surface area contributed by atoms with Crippen LogP contribution in [0, 0.1) is 0 Å². The van der Waals surface area contributed by atoms with Gasteiger partial charge in [0, 0.05) is 25.0 Å². The van der Waals surface area contributed by atoms with Gasteiger partial charge in [0.25, 0.3) is 0 Å². The maximum atomic E-state index is 5.72. The highest BCUT2D eigenvalue weighted by Gasteiger charge is 2.22. The number of rotatable bonds is 3. The lowest BCUT2D eigenvalue weighted by molar-refractivity contribution is -0.0707. The minimum atomic E-state index is 0.341. The molecule has 0 amide bonds. The summed E-state index contributed by atoms with van der Waals surface area (Å²) >= 11 is 1.77. The van der Waals surface area contributed by atoms with Crippen LogP contribution in [0.5, 0.6) is 0 Å². The van der Waals surface area contributed by atoms with Crippen molar-refractivity contribution in [2.24, 2.45) is 0 Å². The van der Waals surface area contributed by atoms with E-state index >= 15 is 0 Å². The van der Waals surface area contributed by atoms with Crippen LogP contribution in [-0.2, 0) is 17.7 Å². The number of hydrogen-bond acceptors (Lipinski definition) is 4. The van der Waals surface area contributed by atoms with Gasteiger partial charge in [0.05, 0.1) is 22.9 Å². The fraction of sp³-hybridized carbons (Fsp3) is 0.750. The highest BCUT2D eigenvalue weighted by atomic mass is 32.1. The first kappa shape index (κ1) is 12.0. The van der Waals surface area contributed by atoms with E-state index < -0.39 is 0 Å². The van der Waals surface area contributed by atoms with E-state index in [0.717, 1.165) is 26.1 Å². The van der Waals surface area contributed by atoms with Gasteiger partial charge in [-0.2, -0.15) is 0 Å². The van der Waals surface area contributed by atoms with Gasteiger partial charge in [-0.3, -0.25) is 4.90 Å². The molecule has 4 heteroatoms. The van der Waals surface area contributed by atoms with Crippen molar-refractivity contribution >= 4 is 11.3 Å². The zero-order chi connectivity index (χ0) is 11.5. The first-order valence-electron chi connectivity index (χ1n) is 5.98. The average molecular weight is 240 g/mol. The second-order valence-corrected chi connectivity index (χ2v) is 5.48. The molecule has 1 saturated heterocycles. The second-order valence-electron chi connectivity index (χ2n) is 4.54. The maximum absolute atomic E-state index is 5.72. The van der Waals surface area contributed by atoms with Crippen molar-refractivity contribution in [3.63, 3.8) is 0 Å². The third-order valence-corrected chi connectivity index (χ3v) is 3.82. The lowest BCUT2D eigenvalue weighted by Crippen LogP contribution is -2.44. The fourth-order valence-corrected chi connectivity index (χ4v) is 2.96. The van der Waals surface area contributed by atoms with Gasteiger partial charge in [-0.15, -0.1) is 11.3 Å². The zero-order valence-corrected chi connectivity index (χ0v) is 11.1. The Morgan fingerprint density at radius 2 is 2.12 bits per heavy atom. The van der Waals surface area contributed by atoms with E-state index in [1.54, 1.807) is 11.3 Å². The zero-order valence-electron chi connectivity index (χ0n) is 10.3. The normalized spacial score (nSPS) is 27.2. The van der Waals surface area contributed by atoms with E-state index in [1.807, 2.05) is 0 Å². The van der Waals surface area contributed by atoms with Crippen molar-refractivity contribution in [2.75, 3.05) is 13.1 Å². The van der Waals surface area contributed by atoms with Gasteiger partial charge in [-0.1, -0.05) is 6.92 Å². The summed E-state index contributed by atoms with van der Waals surface area (Å²) in [6, 6.07) is 0. The Kier molecular flexibility index (Phi) is 3.95. The number of aromatic nitrogens is 1. The molecular formula is C12H20N2OS. The fourth-order valence-electron chi connectivity index (χ4n) is 2.23. The molecule has 0 aliphatic carbocycles. The second kappa shape index (κ2) is 5.25. The lowest BCUT2D eigenvalue weighted by atomic mass is 10.2. The van der Waals surface area contributed by atoms with Crippen LogP contribution in [0.4, 0.5) is 0 Å². The number of thiazole rings is 1. The number of hydrogen-bond donors (Lipinski definition) is 0. The van der Waals surface area contributed by atoms with Gasteiger partial charge >= 0.3 is 0 Å². The van der Waals surface area contributed by atoms with Crippen molar-refractivity contribution in [1.29, 1.82) is 0 Å². The maximum Gasteiger partial charge on any atom is 0.0926 e.